The van der Waals surface area contributed by atoms with Gasteiger partial charge >= 0.3 is 0 Å². The van der Waals surface area contributed by atoms with E-state index < -0.39 is 12.5 Å². The van der Waals surface area contributed by atoms with Crippen LogP contribution in [0.25, 0.3) is 0 Å². The van der Waals surface area contributed by atoms with E-state index in [0.29, 0.717) is 35.6 Å². The third-order valence-electron chi connectivity index (χ3n) is 5.45. The second-order valence-electron chi connectivity index (χ2n) is 8.26. The van der Waals surface area contributed by atoms with E-state index in [1.807, 2.05) is 26.0 Å². The number of anilines is 2. The topological polar surface area (TPSA) is 185 Å². The lowest BCUT2D eigenvalue weighted by molar-refractivity contribution is -0.129. The van der Waals surface area contributed by atoms with Gasteiger partial charge in [0.25, 0.3) is 0 Å². The molecule has 0 saturated carbocycles. The summed E-state index contributed by atoms with van der Waals surface area (Å²) in [6, 6.07) is 0. The average Bonchev–Trinajstić information content (AvgIpc) is 2.89. The number of aromatic nitrogens is 4. The Morgan fingerprint density at radius 1 is 0.842 bits per heavy atom. The van der Waals surface area contributed by atoms with E-state index in [2.05, 4.69) is 19.9 Å². The quantitative estimate of drug-likeness (QED) is 0.141. The normalized spacial score (nSPS) is 13.6. The van der Waals surface area contributed by atoms with E-state index in [0.717, 1.165) is 9.81 Å². The summed E-state index contributed by atoms with van der Waals surface area (Å²) in [4.78, 5) is 43.8. The molecule has 0 aliphatic carbocycles. The summed E-state index contributed by atoms with van der Waals surface area (Å²) in [5, 5.41) is 21.4. The van der Waals surface area contributed by atoms with Gasteiger partial charge in [0.05, 0.1) is 13.1 Å². The highest BCUT2D eigenvalue weighted by atomic mass is 33.1. The van der Waals surface area contributed by atoms with E-state index in [1.54, 1.807) is 13.8 Å². The Labute approximate surface area is 230 Å². The Morgan fingerprint density at radius 2 is 1.21 bits per heavy atom. The van der Waals surface area contributed by atoms with Crippen LogP contribution in [0.5, 0.6) is 0 Å². The predicted molar refractivity (Wildman–Crippen MR) is 150 cm³/mol. The predicted octanol–water partition coefficient (Wildman–Crippen LogP) is 2.27. The van der Waals surface area contributed by atoms with Crippen LogP contribution >= 0.6 is 21.6 Å². The number of allylic oxidation sites excluding steroid dienone is 2. The maximum atomic E-state index is 11.7. The molecule has 0 radical (unpaired) electrons. The summed E-state index contributed by atoms with van der Waals surface area (Å²) in [5.41, 5.74) is 12.9. The third-order valence-corrected chi connectivity index (χ3v) is 8.30. The first-order chi connectivity index (χ1) is 18.1. The fourth-order valence-electron chi connectivity index (χ4n) is 3.19. The first-order valence-corrected chi connectivity index (χ1v) is 13.9. The maximum Gasteiger partial charge on any atom is 0.212 e. The summed E-state index contributed by atoms with van der Waals surface area (Å²) < 4.78 is 0. The Balaban J connectivity index is 1.95. The Morgan fingerprint density at radius 3 is 1.50 bits per heavy atom. The fourth-order valence-corrected chi connectivity index (χ4v) is 5.66. The zero-order valence-corrected chi connectivity index (χ0v) is 23.4. The van der Waals surface area contributed by atoms with E-state index in [-0.39, 0.29) is 37.6 Å². The molecule has 0 aromatic carbocycles. The van der Waals surface area contributed by atoms with Crippen molar-refractivity contribution >= 4 is 46.0 Å². The van der Waals surface area contributed by atoms with Crippen molar-refractivity contribution in [3.63, 3.8) is 0 Å². The number of hydrogen-bond acceptors (Lipinski definition) is 12. The van der Waals surface area contributed by atoms with E-state index >= 15 is 0 Å². The molecule has 2 rings (SSSR count). The molecule has 6 N–H and O–H groups in total. The monoisotopic (exact) mass is 562 g/mol. The molecule has 0 bridgehead atoms. The second kappa shape index (κ2) is 15.3. The molecule has 0 aliphatic rings. The van der Waals surface area contributed by atoms with Crippen molar-refractivity contribution < 1.29 is 19.8 Å². The highest BCUT2D eigenvalue weighted by Crippen LogP contribution is 2.40. The number of nitrogens with two attached hydrogens (primary N) is 2. The van der Waals surface area contributed by atoms with Gasteiger partial charge < -0.3 is 31.5 Å². The summed E-state index contributed by atoms with van der Waals surface area (Å²) in [6.45, 7) is 7.22. The van der Waals surface area contributed by atoms with Crippen LogP contribution in [-0.2, 0) is 22.7 Å². The van der Waals surface area contributed by atoms with E-state index in [4.69, 9.17) is 11.5 Å². The van der Waals surface area contributed by atoms with Crippen molar-refractivity contribution in [2.24, 2.45) is 0 Å². The minimum absolute atomic E-state index is 0.0654. The molecule has 14 heteroatoms. The van der Waals surface area contributed by atoms with Gasteiger partial charge in [0.15, 0.2) is 0 Å². The van der Waals surface area contributed by atoms with Crippen molar-refractivity contribution in [1.29, 1.82) is 0 Å². The van der Waals surface area contributed by atoms with Crippen molar-refractivity contribution in [2.75, 3.05) is 11.5 Å². The summed E-state index contributed by atoms with van der Waals surface area (Å²) in [7, 11) is 2.78. The van der Waals surface area contributed by atoms with Crippen LogP contribution in [0.3, 0.4) is 0 Å². The van der Waals surface area contributed by atoms with Crippen LogP contribution in [0.1, 0.15) is 49.5 Å². The van der Waals surface area contributed by atoms with Gasteiger partial charge in [0, 0.05) is 36.4 Å². The number of amides is 2. The molecule has 38 heavy (non-hydrogen) atoms. The van der Waals surface area contributed by atoms with Crippen LogP contribution in [0, 0.1) is 13.8 Å². The van der Waals surface area contributed by atoms with Gasteiger partial charge in [-0.05, 0) is 37.5 Å². The lowest BCUT2D eigenvalue weighted by atomic mass is 10.2. The molecule has 2 amide bonds. The molecule has 2 unspecified atom stereocenters. The van der Waals surface area contributed by atoms with Crippen molar-refractivity contribution in [2.45, 2.75) is 66.1 Å². The number of nitrogen functional groups attached to an aromatic ring is 2. The average molecular weight is 563 g/mol. The zero-order chi connectivity index (χ0) is 28.2. The molecule has 2 aromatic rings. The van der Waals surface area contributed by atoms with Crippen molar-refractivity contribution in [1.82, 2.24) is 29.7 Å². The number of rotatable bonds is 15. The van der Waals surface area contributed by atoms with Gasteiger partial charge in [0.2, 0.25) is 12.8 Å². The van der Waals surface area contributed by atoms with Gasteiger partial charge in [-0.25, -0.2) is 19.9 Å². The summed E-state index contributed by atoms with van der Waals surface area (Å²) in [5.74, 6) is 1.55. The third kappa shape index (κ3) is 9.28. The molecule has 0 saturated heterocycles. The van der Waals surface area contributed by atoms with Gasteiger partial charge in [-0.1, -0.05) is 33.7 Å². The molecular formula is C24H34N8O4S2. The van der Waals surface area contributed by atoms with Gasteiger partial charge in [0.1, 0.15) is 35.7 Å². The standard InChI is InChI=1S/C24H34N8O4S2/c1-5-19(7-21(35)31(13-33)11-17-9-27-15(3)29-23(17)25)37-38-20(6-2)8-22(36)32(14-34)12-18-10-28-16(4)30-24(18)26/h5-6,9-10,13-14,21-22,35-36H,7-8,11-12H2,1-4H3,(H2,25,27,29)(H2,26,28,30). The zero-order valence-electron chi connectivity index (χ0n) is 21.8. The second-order valence-corrected chi connectivity index (χ2v) is 10.6. The minimum Gasteiger partial charge on any atom is -0.383 e. The Hall–Kier alpha value is -3.20. The molecule has 0 aliphatic heterocycles. The van der Waals surface area contributed by atoms with Crippen LogP contribution in [0.2, 0.25) is 0 Å². The van der Waals surface area contributed by atoms with E-state index in [9.17, 15) is 19.8 Å². The first-order valence-electron chi connectivity index (χ1n) is 11.7. The molecule has 0 spiro atoms. The highest BCUT2D eigenvalue weighted by Gasteiger charge is 2.20. The number of nitrogens with zero attached hydrogens (tertiary/aromatic N) is 6. The first kappa shape index (κ1) is 31.0. The number of aliphatic hydroxyl groups is 2. The largest absolute Gasteiger partial charge is 0.383 e. The molecule has 12 nitrogen and oxygen atoms in total. The Kier molecular flexibility index (Phi) is 12.5. The van der Waals surface area contributed by atoms with Gasteiger partial charge in [-0.15, -0.1) is 0 Å². The van der Waals surface area contributed by atoms with Crippen LogP contribution in [0.4, 0.5) is 11.6 Å². The molecule has 2 atom stereocenters. The van der Waals surface area contributed by atoms with Gasteiger partial charge in [-0.3, -0.25) is 9.59 Å². The lowest BCUT2D eigenvalue weighted by Gasteiger charge is -2.26. The molecule has 2 heterocycles. The van der Waals surface area contributed by atoms with Crippen molar-refractivity contribution in [3.05, 3.63) is 57.1 Å². The van der Waals surface area contributed by atoms with E-state index in [1.165, 1.54) is 43.8 Å². The molecule has 0 fully saturated rings. The Bertz CT molecular complexity index is 1070. The maximum absolute atomic E-state index is 11.7. The van der Waals surface area contributed by atoms with Crippen LogP contribution < -0.4 is 11.5 Å². The van der Waals surface area contributed by atoms with Crippen LogP contribution in [-0.4, -0.2) is 65.2 Å². The van der Waals surface area contributed by atoms with Gasteiger partial charge in [-0.2, -0.15) is 0 Å². The molecule has 2 aromatic heterocycles. The number of aliphatic hydroxyl groups excluding tert-OH is 2. The van der Waals surface area contributed by atoms with Crippen LogP contribution in [0.15, 0.2) is 34.4 Å². The van der Waals surface area contributed by atoms with Crippen molar-refractivity contribution in [3.8, 4) is 0 Å². The molecular weight excluding hydrogens is 528 g/mol. The fraction of sp³-hybridized carbons (Fsp3) is 0.417. The number of carbonyl (C=O) groups is 2. The SMILES string of the molecule is CC=C(CC(O)N(C=O)Cc1cnc(C)nc1N)SSC(=CC)CC(O)N(C=O)Cc1cnc(C)nc1N. The molecule has 206 valence electrons. The summed E-state index contributed by atoms with van der Waals surface area (Å²) >= 11 is 0. The number of carbonyl (C=O) groups excluding carboxylic acids is 2. The number of aryl methyl sites for hydroxylation is 2. The number of hydrogen-bond donors (Lipinski definition) is 4. The lowest BCUT2D eigenvalue weighted by Crippen LogP contribution is -2.34. The minimum atomic E-state index is -1.10. The highest BCUT2D eigenvalue weighted by molar-refractivity contribution is 8.79. The summed E-state index contributed by atoms with van der Waals surface area (Å²) in [6.07, 6.45) is 6.05. The smallest absolute Gasteiger partial charge is 0.212 e.